The predicted molar refractivity (Wildman–Crippen MR) is 107 cm³/mol. The van der Waals surface area contributed by atoms with Gasteiger partial charge < -0.3 is 15.0 Å². The number of hydrogen-bond donors (Lipinski definition) is 1. The van der Waals surface area contributed by atoms with E-state index in [0.29, 0.717) is 6.61 Å². The zero-order valence-electron chi connectivity index (χ0n) is 14.5. The molecule has 1 aliphatic rings. The second-order valence-electron chi connectivity index (χ2n) is 5.98. The number of hydrogen-bond acceptors (Lipinski definition) is 2. The van der Waals surface area contributed by atoms with Crippen LogP contribution in [0, 0.1) is 5.92 Å². The first-order valence-electron chi connectivity index (χ1n) is 8.34. The van der Waals surface area contributed by atoms with Crippen molar-refractivity contribution in [3.05, 3.63) is 35.4 Å². The van der Waals surface area contributed by atoms with E-state index in [2.05, 4.69) is 46.4 Å². The monoisotopic (exact) mass is 431 g/mol. The molecule has 0 aromatic heterocycles. The Morgan fingerprint density at radius 2 is 1.91 bits per heavy atom. The standard InChI is InChI=1S/C18H29N3O.HI/c1-4-22-14-17-8-6-5-7-16(17)13-20-18(19-3)21-11-9-15(2)10-12-21;/h5-8,15H,4,9-14H2,1-3H3,(H,19,20);1H. The van der Waals surface area contributed by atoms with Gasteiger partial charge in [-0.3, -0.25) is 4.99 Å². The molecule has 0 radical (unpaired) electrons. The lowest BCUT2D eigenvalue weighted by atomic mass is 9.99. The summed E-state index contributed by atoms with van der Waals surface area (Å²) >= 11 is 0. The molecule has 1 aromatic carbocycles. The number of aliphatic imine (C=N–C) groups is 1. The van der Waals surface area contributed by atoms with Crippen LogP contribution in [0.4, 0.5) is 0 Å². The molecule has 1 aliphatic heterocycles. The summed E-state index contributed by atoms with van der Waals surface area (Å²) in [4.78, 5) is 6.81. The summed E-state index contributed by atoms with van der Waals surface area (Å²) in [5, 5.41) is 3.51. The maximum absolute atomic E-state index is 5.55. The number of likely N-dealkylation sites (tertiary alicyclic amines) is 1. The van der Waals surface area contributed by atoms with Crippen molar-refractivity contribution in [1.82, 2.24) is 10.2 Å². The Bertz CT molecular complexity index is 485. The Kier molecular flexibility index (Phi) is 9.55. The van der Waals surface area contributed by atoms with Crippen molar-refractivity contribution in [3.63, 3.8) is 0 Å². The van der Waals surface area contributed by atoms with Crippen molar-refractivity contribution in [1.29, 1.82) is 0 Å². The zero-order chi connectivity index (χ0) is 15.8. The van der Waals surface area contributed by atoms with Crippen LogP contribution in [-0.4, -0.2) is 37.6 Å². The van der Waals surface area contributed by atoms with Crippen LogP contribution in [0.1, 0.15) is 37.8 Å². The smallest absolute Gasteiger partial charge is 0.193 e. The van der Waals surface area contributed by atoms with E-state index in [4.69, 9.17) is 4.74 Å². The van der Waals surface area contributed by atoms with Gasteiger partial charge in [-0.2, -0.15) is 0 Å². The normalized spacial score (nSPS) is 16.1. The van der Waals surface area contributed by atoms with Crippen LogP contribution in [0.15, 0.2) is 29.3 Å². The molecule has 0 amide bonds. The van der Waals surface area contributed by atoms with Crippen LogP contribution in [0.2, 0.25) is 0 Å². The number of benzene rings is 1. The summed E-state index contributed by atoms with van der Waals surface area (Å²) in [6.07, 6.45) is 2.50. The Balaban J connectivity index is 0.00000264. The van der Waals surface area contributed by atoms with Crippen molar-refractivity contribution in [2.75, 3.05) is 26.7 Å². The number of piperidine rings is 1. The van der Waals surface area contributed by atoms with Crippen molar-refractivity contribution >= 4 is 29.9 Å². The molecule has 4 nitrogen and oxygen atoms in total. The molecule has 130 valence electrons. The lowest BCUT2D eigenvalue weighted by molar-refractivity contribution is 0.133. The van der Waals surface area contributed by atoms with Crippen LogP contribution in [0.25, 0.3) is 0 Å². The van der Waals surface area contributed by atoms with Crippen molar-refractivity contribution in [2.45, 2.75) is 39.8 Å². The highest BCUT2D eigenvalue weighted by Crippen LogP contribution is 2.16. The summed E-state index contributed by atoms with van der Waals surface area (Å²) in [6.45, 7) is 8.77. The summed E-state index contributed by atoms with van der Waals surface area (Å²) < 4.78 is 5.55. The van der Waals surface area contributed by atoms with Gasteiger partial charge in [0.1, 0.15) is 0 Å². The lowest BCUT2D eigenvalue weighted by Crippen LogP contribution is -2.45. The van der Waals surface area contributed by atoms with Gasteiger partial charge in [0, 0.05) is 33.3 Å². The highest BCUT2D eigenvalue weighted by molar-refractivity contribution is 14.0. The van der Waals surface area contributed by atoms with E-state index in [1.807, 2.05) is 14.0 Å². The number of nitrogens with zero attached hydrogens (tertiary/aromatic N) is 2. The van der Waals surface area contributed by atoms with E-state index >= 15 is 0 Å². The van der Waals surface area contributed by atoms with Gasteiger partial charge in [0.05, 0.1) is 6.61 Å². The molecule has 0 bridgehead atoms. The third-order valence-corrected chi connectivity index (χ3v) is 4.31. The number of halogens is 1. The molecule has 5 heteroatoms. The van der Waals surface area contributed by atoms with Crippen molar-refractivity contribution in [2.24, 2.45) is 10.9 Å². The van der Waals surface area contributed by atoms with E-state index in [0.717, 1.165) is 38.1 Å². The molecule has 0 unspecified atom stereocenters. The molecule has 0 spiro atoms. The van der Waals surface area contributed by atoms with E-state index in [-0.39, 0.29) is 24.0 Å². The fourth-order valence-electron chi connectivity index (χ4n) is 2.81. The SMILES string of the molecule is CCOCc1ccccc1CNC(=NC)N1CCC(C)CC1.I. The fraction of sp³-hybridized carbons (Fsp3) is 0.611. The number of rotatable bonds is 5. The van der Waals surface area contributed by atoms with E-state index < -0.39 is 0 Å². The van der Waals surface area contributed by atoms with Gasteiger partial charge in [-0.15, -0.1) is 24.0 Å². The maximum atomic E-state index is 5.55. The third-order valence-electron chi connectivity index (χ3n) is 4.31. The van der Waals surface area contributed by atoms with E-state index in [9.17, 15) is 0 Å². The second kappa shape index (κ2) is 10.9. The Morgan fingerprint density at radius 3 is 2.52 bits per heavy atom. The van der Waals surface area contributed by atoms with Gasteiger partial charge in [-0.25, -0.2) is 0 Å². The summed E-state index contributed by atoms with van der Waals surface area (Å²) in [6, 6.07) is 8.45. The average molecular weight is 431 g/mol. The summed E-state index contributed by atoms with van der Waals surface area (Å²) in [7, 11) is 1.87. The molecular weight excluding hydrogens is 401 g/mol. The first-order valence-corrected chi connectivity index (χ1v) is 8.34. The first-order chi connectivity index (χ1) is 10.7. The summed E-state index contributed by atoms with van der Waals surface area (Å²) in [5.41, 5.74) is 2.53. The van der Waals surface area contributed by atoms with Gasteiger partial charge in [0.15, 0.2) is 5.96 Å². The number of nitrogens with one attached hydrogen (secondary N) is 1. The largest absolute Gasteiger partial charge is 0.377 e. The predicted octanol–water partition coefficient (Wildman–Crippen LogP) is 3.65. The van der Waals surface area contributed by atoms with E-state index in [1.165, 1.54) is 24.0 Å². The fourth-order valence-corrected chi connectivity index (χ4v) is 2.81. The maximum Gasteiger partial charge on any atom is 0.193 e. The molecule has 2 rings (SSSR count). The minimum Gasteiger partial charge on any atom is -0.377 e. The molecule has 0 saturated carbocycles. The molecule has 23 heavy (non-hydrogen) atoms. The van der Waals surface area contributed by atoms with Gasteiger partial charge >= 0.3 is 0 Å². The molecule has 1 saturated heterocycles. The molecule has 1 aromatic rings. The molecule has 0 aliphatic carbocycles. The highest BCUT2D eigenvalue weighted by Gasteiger charge is 2.18. The van der Waals surface area contributed by atoms with Crippen LogP contribution < -0.4 is 5.32 Å². The molecule has 1 fully saturated rings. The van der Waals surface area contributed by atoms with E-state index in [1.54, 1.807) is 0 Å². The van der Waals surface area contributed by atoms with Gasteiger partial charge in [-0.1, -0.05) is 31.2 Å². The second-order valence-corrected chi connectivity index (χ2v) is 5.98. The topological polar surface area (TPSA) is 36.9 Å². The Morgan fingerprint density at radius 1 is 1.26 bits per heavy atom. The average Bonchev–Trinajstić information content (AvgIpc) is 2.56. The number of guanidine groups is 1. The highest BCUT2D eigenvalue weighted by atomic mass is 127. The Labute approximate surface area is 157 Å². The van der Waals surface area contributed by atoms with Gasteiger partial charge in [0.2, 0.25) is 0 Å². The molecule has 1 N–H and O–H groups in total. The molecular formula is C18H30IN3O. The zero-order valence-corrected chi connectivity index (χ0v) is 16.9. The summed E-state index contributed by atoms with van der Waals surface area (Å²) in [5.74, 6) is 1.85. The van der Waals surface area contributed by atoms with Crippen molar-refractivity contribution < 1.29 is 4.74 Å². The molecule has 0 atom stereocenters. The van der Waals surface area contributed by atoms with Gasteiger partial charge in [0.25, 0.3) is 0 Å². The van der Waals surface area contributed by atoms with Crippen LogP contribution in [0.5, 0.6) is 0 Å². The lowest BCUT2D eigenvalue weighted by Gasteiger charge is -2.33. The van der Waals surface area contributed by atoms with Crippen molar-refractivity contribution in [3.8, 4) is 0 Å². The first kappa shape index (κ1) is 20.2. The minimum absolute atomic E-state index is 0. The van der Waals surface area contributed by atoms with Crippen LogP contribution in [-0.2, 0) is 17.9 Å². The Hall–Kier alpha value is -0.820. The third kappa shape index (κ3) is 6.30. The number of ether oxygens (including phenoxy) is 1. The molecule has 1 heterocycles. The van der Waals surface area contributed by atoms with Crippen LogP contribution >= 0.6 is 24.0 Å². The van der Waals surface area contributed by atoms with Crippen LogP contribution in [0.3, 0.4) is 0 Å². The van der Waals surface area contributed by atoms with Gasteiger partial charge in [-0.05, 0) is 36.8 Å². The quantitative estimate of drug-likeness (QED) is 0.440. The minimum atomic E-state index is 0.